The highest BCUT2D eigenvalue weighted by Crippen LogP contribution is 1.97. The van der Waals surface area contributed by atoms with Crippen LogP contribution < -0.4 is 0 Å². The van der Waals surface area contributed by atoms with Gasteiger partial charge in [-0.3, -0.25) is 9.59 Å². The molecule has 5 nitrogen and oxygen atoms in total. The van der Waals surface area contributed by atoms with Gasteiger partial charge in [0.2, 0.25) is 5.91 Å². The Morgan fingerprint density at radius 3 is 2.40 bits per heavy atom. The highest BCUT2D eigenvalue weighted by atomic mass is 16.5. The lowest BCUT2D eigenvalue weighted by molar-refractivity contribution is -0.147. The molecule has 0 bridgehead atoms. The maximum atomic E-state index is 11.6. The third kappa shape index (κ3) is 6.06. The molecule has 0 fully saturated rings. The quantitative estimate of drug-likeness (QED) is 0.580. The van der Waals surface area contributed by atoms with E-state index in [-0.39, 0.29) is 12.5 Å². The normalized spacial score (nSPS) is 9.80. The summed E-state index contributed by atoms with van der Waals surface area (Å²) in [4.78, 5) is 24.1. The van der Waals surface area contributed by atoms with Crippen molar-refractivity contribution in [1.29, 1.82) is 0 Å². The average Bonchev–Trinajstić information content (AvgIpc) is 2.24. The molecule has 0 atom stereocenters. The molecule has 0 aromatic carbocycles. The maximum Gasteiger partial charge on any atom is 0.325 e. The smallest absolute Gasteiger partial charge is 0.325 e. The number of nitrogens with zero attached hydrogens (tertiary/aromatic N) is 1. The summed E-state index contributed by atoms with van der Waals surface area (Å²) in [6.07, 6.45) is 1.11. The summed E-state index contributed by atoms with van der Waals surface area (Å²) in [6.45, 7) is 2.92. The van der Waals surface area contributed by atoms with Gasteiger partial charge in [0, 0.05) is 13.7 Å². The Labute approximate surface area is 90.3 Å². The van der Waals surface area contributed by atoms with Crippen LogP contribution in [0.25, 0.3) is 0 Å². The van der Waals surface area contributed by atoms with Crippen molar-refractivity contribution in [2.24, 2.45) is 0 Å². The summed E-state index contributed by atoms with van der Waals surface area (Å²) >= 11 is 0. The molecule has 0 unspecified atom stereocenters. The highest BCUT2D eigenvalue weighted by molar-refractivity contribution is 5.82. The van der Waals surface area contributed by atoms with Gasteiger partial charge in [-0.25, -0.2) is 0 Å². The van der Waals surface area contributed by atoms with E-state index < -0.39 is 5.97 Å². The predicted molar refractivity (Wildman–Crippen MR) is 55.4 cm³/mol. The summed E-state index contributed by atoms with van der Waals surface area (Å²) in [5, 5.41) is 0. The molecule has 0 aliphatic carbocycles. The molecule has 88 valence electrons. The summed E-state index contributed by atoms with van der Waals surface area (Å²) < 4.78 is 9.33. The number of esters is 1. The van der Waals surface area contributed by atoms with Gasteiger partial charge < -0.3 is 14.4 Å². The van der Waals surface area contributed by atoms with Gasteiger partial charge in [-0.1, -0.05) is 6.92 Å². The zero-order valence-electron chi connectivity index (χ0n) is 9.62. The van der Waals surface area contributed by atoms with E-state index in [1.54, 1.807) is 0 Å². The largest absolute Gasteiger partial charge is 0.468 e. The number of amides is 1. The lowest BCUT2D eigenvalue weighted by Crippen LogP contribution is -2.37. The minimum absolute atomic E-state index is 0.0207. The Bertz CT molecular complexity index is 206. The second-order valence-electron chi connectivity index (χ2n) is 3.13. The SMILES string of the molecule is CCCN(CC(=O)OC)C(=O)CCOC. The lowest BCUT2D eigenvalue weighted by Gasteiger charge is -2.20. The molecule has 0 saturated carbocycles. The third-order valence-corrected chi connectivity index (χ3v) is 1.91. The van der Waals surface area contributed by atoms with Gasteiger partial charge in [0.15, 0.2) is 0 Å². The van der Waals surface area contributed by atoms with Crippen LogP contribution in [0.15, 0.2) is 0 Å². The minimum atomic E-state index is -0.394. The molecule has 0 spiro atoms. The van der Waals surface area contributed by atoms with Crippen LogP contribution in [0, 0.1) is 0 Å². The van der Waals surface area contributed by atoms with Crippen molar-refractivity contribution in [2.45, 2.75) is 19.8 Å². The average molecular weight is 217 g/mol. The molecule has 1 amide bonds. The van der Waals surface area contributed by atoms with Crippen LogP contribution in [-0.4, -0.2) is 50.7 Å². The number of rotatable bonds is 7. The van der Waals surface area contributed by atoms with Gasteiger partial charge in [-0.05, 0) is 6.42 Å². The number of carbonyl (C=O) groups is 2. The lowest BCUT2D eigenvalue weighted by atomic mass is 10.3. The summed E-state index contributed by atoms with van der Waals surface area (Å²) in [7, 11) is 2.85. The molecule has 0 aromatic rings. The Morgan fingerprint density at radius 1 is 1.27 bits per heavy atom. The minimum Gasteiger partial charge on any atom is -0.468 e. The zero-order valence-corrected chi connectivity index (χ0v) is 9.62. The molecular weight excluding hydrogens is 198 g/mol. The summed E-state index contributed by atoms with van der Waals surface area (Å²) in [6, 6.07) is 0. The molecule has 0 heterocycles. The van der Waals surface area contributed by atoms with E-state index in [0.717, 1.165) is 6.42 Å². The van der Waals surface area contributed by atoms with Gasteiger partial charge in [0.05, 0.1) is 20.1 Å². The van der Waals surface area contributed by atoms with Crippen molar-refractivity contribution in [2.75, 3.05) is 33.9 Å². The Morgan fingerprint density at radius 2 is 1.93 bits per heavy atom. The van der Waals surface area contributed by atoms with Crippen molar-refractivity contribution in [3.63, 3.8) is 0 Å². The van der Waals surface area contributed by atoms with E-state index >= 15 is 0 Å². The first-order chi connectivity index (χ1) is 7.15. The molecule has 0 aromatic heterocycles. The number of methoxy groups -OCH3 is 2. The number of hydrogen-bond acceptors (Lipinski definition) is 4. The van der Waals surface area contributed by atoms with Gasteiger partial charge in [-0.15, -0.1) is 0 Å². The van der Waals surface area contributed by atoms with Gasteiger partial charge in [0.1, 0.15) is 6.54 Å². The van der Waals surface area contributed by atoms with Crippen LogP contribution in [0.3, 0.4) is 0 Å². The van der Waals surface area contributed by atoms with Gasteiger partial charge >= 0.3 is 5.97 Å². The second kappa shape index (κ2) is 8.23. The fraction of sp³-hybridized carbons (Fsp3) is 0.800. The molecule has 0 saturated heterocycles. The Kier molecular flexibility index (Phi) is 7.62. The van der Waals surface area contributed by atoms with Crippen molar-refractivity contribution in [1.82, 2.24) is 4.90 Å². The van der Waals surface area contributed by atoms with E-state index in [0.29, 0.717) is 19.6 Å². The summed E-state index contributed by atoms with van der Waals surface area (Å²) in [5.74, 6) is -0.474. The van der Waals surface area contributed by atoms with Crippen LogP contribution in [0.2, 0.25) is 0 Å². The van der Waals surface area contributed by atoms with Crippen LogP contribution in [-0.2, 0) is 19.1 Å². The number of carbonyl (C=O) groups excluding carboxylic acids is 2. The zero-order chi connectivity index (χ0) is 11.7. The second-order valence-corrected chi connectivity index (χ2v) is 3.13. The Balaban J connectivity index is 4.11. The third-order valence-electron chi connectivity index (χ3n) is 1.91. The van der Waals surface area contributed by atoms with Crippen molar-refractivity contribution in [3.8, 4) is 0 Å². The van der Waals surface area contributed by atoms with Crippen LogP contribution in [0.4, 0.5) is 0 Å². The van der Waals surface area contributed by atoms with E-state index in [4.69, 9.17) is 4.74 Å². The molecule has 0 radical (unpaired) electrons. The molecule has 0 aliphatic heterocycles. The number of ether oxygens (including phenoxy) is 2. The van der Waals surface area contributed by atoms with Crippen molar-refractivity contribution < 1.29 is 19.1 Å². The van der Waals surface area contributed by atoms with Gasteiger partial charge in [0.25, 0.3) is 0 Å². The fourth-order valence-corrected chi connectivity index (χ4v) is 1.13. The van der Waals surface area contributed by atoms with E-state index in [1.807, 2.05) is 6.92 Å². The van der Waals surface area contributed by atoms with Crippen molar-refractivity contribution in [3.05, 3.63) is 0 Å². The van der Waals surface area contributed by atoms with E-state index in [2.05, 4.69) is 4.74 Å². The standard InChI is InChI=1S/C10H19NO4/c1-4-6-11(8-10(13)15-3)9(12)5-7-14-2/h4-8H2,1-3H3. The fourth-order valence-electron chi connectivity index (χ4n) is 1.13. The van der Waals surface area contributed by atoms with Crippen LogP contribution in [0.1, 0.15) is 19.8 Å². The summed E-state index contributed by atoms with van der Waals surface area (Å²) in [5.41, 5.74) is 0. The Hall–Kier alpha value is -1.10. The maximum absolute atomic E-state index is 11.6. The van der Waals surface area contributed by atoms with Gasteiger partial charge in [-0.2, -0.15) is 0 Å². The molecule has 0 N–H and O–H groups in total. The number of hydrogen-bond donors (Lipinski definition) is 0. The molecule has 0 rings (SSSR count). The monoisotopic (exact) mass is 217 g/mol. The molecule has 15 heavy (non-hydrogen) atoms. The first kappa shape index (κ1) is 13.9. The first-order valence-electron chi connectivity index (χ1n) is 4.99. The molecule has 5 heteroatoms. The van der Waals surface area contributed by atoms with Crippen LogP contribution >= 0.6 is 0 Å². The predicted octanol–water partition coefficient (Wildman–Crippen LogP) is 0.434. The molecular formula is C10H19NO4. The highest BCUT2D eigenvalue weighted by Gasteiger charge is 2.15. The van der Waals surface area contributed by atoms with Crippen LogP contribution in [0.5, 0.6) is 0 Å². The molecule has 0 aliphatic rings. The topological polar surface area (TPSA) is 55.8 Å². The first-order valence-corrected chi connectivity index (χ1v) is 4.99. The van der Waals surface area contributed by atoms with E-state index in [9.17, 15) is 9.59 Å². The van der Waals surface area contributed by atoms with E-state index in [1.165, 1.54) is 19.1 Å². The van der Waals surface area contributed by atoms with Crippen molar-refractivity contribution >= 4 is 11.9 Å².